The molecule has 0 radical (unpaired) electrons. The molecule has 10 heteroatoms. The van der Waals surface area contributed by atoms with Gasteiger partial charge in [0.2, 0.25) is 11.9 Å². The highest BCUT2D eigenvalue weighted by Gasteiger charge is 2.09. The standard InChI is InChI=1S/C10H12N6O4/c1-2-20-10-14-8(15-16-10)12-6(17)3-5-4-7(18)13-9(19)11-5/h4H,2-3H2,1H3,(H2,11,13,18,19)(H2,12,14,15,16,17). The average molecular weight is 280 g/mol. The van der Waals surface area contributed by atoms with Crippen LogP contribution in [0.25, 0.3) is 0 Å². The van der Waals surface area contributed by atoms with Crippen molar-refractivity contribution in [2.45, 2.75) is 13.3 Å². The minimum atomic E-state index is -0.668. The lowest BCUT2D eigenvalue weighted by Gasteiger charge is -2.00. The number of nitrogens with zero attached hydrogens (tertiary/aromatic N) is 2. The topological polar surface area (TPSA) is 146 Å². The van der Waals surface area contributed by atoms with E-state index in [2.05, 4.69) is 25.5 Å². The number of hydrogen-bond donors (Lipinski definition) is 4. The van der Waals surface area contributed by atoms with Crippen molar-refractivity contribution in [1.29, 1.82) is 0 Å². The summed E-state index contributed by atoms with van der Waals surface area (Å²) in [6.45, 7) is 2.18. The van der Waals surface area contributed by atoms with Gasteiger partial charge in [-0.25, -0.2) is 9.89 Å². The van der Waals surface area contributed by atoms with Crippen LogP contribution in [0.5, 0.6) is 6.01 Å². The summed E-state index contributed by atoms with van der Waals surface area (Å²) in [5, 5.41) is 8.61. The minimum absolute atomic E-state index is 0.116. The summed E-state index contributed by atoms with van der Waals surface area (Å²) in [5.41, 5.74) is -1.05. The molecule has 0 aliphatic heterocycles. The van der Waals surface area contributed by atoms with E-state index >= 15 is 0 Å². The van der Waals surface area contributed by atoms with Crippen LogP contribution in [-0.4, -0.2) is 37.7 Å². The molecule has 0 aromatic carbocycles. The Bertz CT molecular complexity index is 687. The summed E-state index contributed by atoms with van der Waals surface area (Å²) in [5.74, 6) is -0.351. The van der Waals surface area contributed by atoms with E-state index in [1.807, 2.05) is 4.98 Å². The Morgan fingerprint density at radius 2 is 2.20 bits per heavy atom. The summed E-state index contributed by atoms with van der Waals surface area (Å²) < 4.78 is 5.02. The molecule has 1 amide bonds. The fourth-order valence-electron chi connectivity index (χ4n) is 1.46. The van der Waals surface area contributed by atoms with Gasteiger partial charge in [-0.1, -0.05) is 0 Å². The zero-order chi connectivity index (χ0) is 14.5. The Balaban J connectivity index is 2.01. The first kappa shape index (κ1) is 13.5. The van der Waals surface area contributed by atoms with Crippen molar-refractivity contribution in [1.82, 2.24) is 25.1 Å². The number of hydrogen-bond acceptors (Lipinski definition) is 6. The average Bonchev–Trinajstić information content (AvgIpc) is 2.75. The molecule has 0 aliphatic rings. The van der Waals surface area contributed by atoms with E-state index < -0.39 is 17.2 Å². The van der Waals surface area contributed by atoms with Gasteiger partial charge in [-0.15, -0.1) is 5.10 Å². The smallest absolute Gasteiger partial charge is 0.337 e. The number of carbonyl (C=O) groups excluding carboxylic acids is 1. The number of ether oxygens (including phenoxy) is 1. The first-order chi connectivity index (χ1) is 9.56. The van der Waals surface area contributed by atoms with Crippen LogP contribution in [0.1, 0.15) is 12.6 Å². The van der Waals surface area contributed by atoms with Gasteiger partial charge < -0.3 is 9.72 Å². The number of anilines is 1. The maximum Gasteiger partial charge on any atom is 0.337 e. The Hall–Kier alpha value is -2.91. The predicted octanol–water partition coefficient (Wildman–Crippen LogP) is -1.24. The molecule has 0 aliphatic carbocycles. The molecular weight excluding hydrogens is 268 g/mol. The second kappa shape index (κ2) is 5.82. The highest BCUT2D eigenvalue weighted by molar-refractivity contribution is 5.90. The SMILES string of the molecule is CCOc1n[nH]c(NC(=O)Cc2cc(=O)[nH]c(=O)[nH]2)n1. The fourth-order valence-corrected chi connectivity index (χ4v) is 1.46. The molecule has 0 spiro atoms. The number of rotatable bonds is 5. The predicted molar refractivity (Wildman–Crippen MR) is 67.6 cm³/mol. The van der Waals surface area contributed by atoms with Gasteiger partial charge in [-0.2, -0.15) is 4.98 Å². The van der Waals surface area contributed by atoms with E-state index in [0.29, 0.717) is 6.61 Å². The molecule has 2 rings (SSSR count). The van der Waals surface area contributed by atoms with Gasteiger partial charge in [0, 0.05) is 11.8 Å². The van der Waals surface area contributed by atoms with Gasteiger partial charge in [-0.05, 0) is 6.92 Å². The quantitative estimate of drug-likeness (QED) is 0.539. The molecule has 0 atom stereocenters. The van der Waals surface area contributed by atoms with Gasteiger partial charge >= 0.3 is 11.7 Å². The van der Waals surface area contributed by atoms with Crippen molar-refractivity contribution in [2.75, 3.05) is 11.9 Å². The van der Waals surface area contributed by atoms with E-state index in [0.717, 1.165) is 6.07 Å². The summed E-state index contributed by atoms with van der Waals surface area (Å²) in [6.07, 6.45) is -0.177. The second-order valence-corrected chi connectivity index (χ2v) is 3.74. The molecule has 0 saturated heterocycles. The molecule has 0 saturated carbocycles. The Morgan fingerprint density at radius 3 is 2.90 bits per heavy atom. The van der Waals surface area contributed by atoms with Crippen LogP contribution >= 0.6 is 0 Å². The highest BCUT2D eigenvalue weighted by atomic mass is 16.5. The lowest BCUT2D eigenvalue weighted by Crippen LogP contribution is -2.25. The maximum atomic E-state index is 11.7. The van der Waals surface area contributed by atoms with Crippen LogP contribution in [0.3, 0.4) is 0 Å². The van der Waals surface area contributed by atoms with Gasteiger partial charge in [0.1, 0.15) is 0 Å². The first-order valence-electron chi connectivity index (χ1n) is 5.74. The van der Waals surface area contributed by atoms with Crippen LogP contribution in [0, 0.1) is 0 Å². The Labute approximate surface area is 111 Å². The molecule has 4 N–H and O–H groups in total. The molecule has 10 nitrogen and oxygen atoms in total. The van der Waals surface area contributed by atoms with Crippen LogP contribution < -0.4 is 21.3 Å². The fraction of sp³-hybridized carbons (Fsp3) is 0.300. The van der Waals surface area contributed by atoms with Crippen molar-refractivity contribution in [3.8, 4) is 6.01 Å². The molecule has 2 heterocycles. The zero-order valence-electron chi connectivity index (χ0n) is 10.5. The monoisotopic (exact) mass is 280 g/mol. The van der Waals surface area contributed by atoms with E-state index in [1.54, 1.807) is 6.92 Å². The molecule has 2 aromatic heterocycles. The third kappa shape index (κ3) is 3.54. The number of aromatic amines is 3. The number of nitrogens with one attached hydrogen (secondary N) is 4. The van der Waals surface area contributed by atoms with Crippen LogP contribution in [0.4, 0.5) is 5.95 Å². The lowest BCUT2D eigenvalue weighted by molar-refractivity contribution is -0.115. The van der Waals surface area contributed by atoms with Crippen molar-refractivity contribution in [3.05, 3.63) is 32.6 Å². The Kier molecular flexibility index (Phi) is 3.93. The van der Waals surface area contributed by atoms with Crippen molar-refractivity contribution in [2.24, 2.45) is 0 Å². The molecule has 0 fully saturated rings. The first-order valence-corrected chi connectivity index (χ1v) is 5.74. The van der Waals surface area contributed by atoms with Gasteiger partial charge in [0.15, 0.2) is 0 Å². The Morgan fingerprint density at radius 1 is 1.40 bits per heavy atom. The van der Waals surface area contributed by atoms with E-state index in [1.165, 1.54) is 0 Å². The molecule has 0 unspecified atom stereocenters. The maximum absolute atomic E-state index is 11.7. The van der Waals surface area contributed by atoms with E-state index in [4.69, 9.17) is 4.74 Å². The largest absolute Gasteiger partial charge is 0.463 e. The molecule has 20 heavy (non-hydrogen) atoms. The molecule has 2 aromatic rings. The second-order valence-electron chi connectivity index (χ2n) is 3.74. The van der Waals surface area contributed by atoms with Crippen LogP contribution in [0.15, 0.2) is 15.7 Å². The van der Waals surface area contributed by atoms with Crippen LogP contribution in [0.2, 0.25) is 0 Å². The highest BCUT2D eigenvalue weighted by Crippen LogP contribution is 2.05. The lowest BCUT2D eigenvalue weighted by atomic mass is 10.3. The van der Waals surface area contributed by atoms with Crippen molar-refractivity contribution >= 4 is 11.9 Å². The minimum Gasteiger partial charge on any atom is -0.463 e. The normalized spacial score (nSPS) is 10.2. The number of carbonyl (C=O) groups is 1. The van der Waals surface area contributed by atoms with Crippen molar-refractivity contribution in [3.63, 3.8) is 0 Å². The molecule has 0 bridgehead atoms. The number of aromatic nitrogens is 5. The van der Waals surface area contributed by atoms with Gasteiger partial charge in [0.25, 0.3) is 5.56 Å². The summed E-state index contributed by atoms with van der Waals surface area (Å²) in [7, 11) is 0. The summed E-state index contributed by atoms with van der Waals surface area (Å²) in [6, 6.07) is 1.25. The number of amides is 1. The van der Waals surface area contributed by atoms with E-state index in [9.17, 15) is 14.4 Å². The molecular formula is C10H12N6O4. The number of H-pyrrole nitrogens is 3. The zero-order valence-corrected chi connectivity index (χ0v) is 10.5. The van der Waals surface area contributed by atoms with Crippen LogP contribution in [-0.2, 0) is 11.2 Å². The third-order valence-corrected chi connectivity index (χ3v) is 2.16. The van der Waals surface area contributed by atoms with Crippen molar-refractivity contribution < 1.29 is 9.53 Å². The molecule has 106 valence electrons. The van der Waals surface area contributed by atoms with Gasteiger partial charge in [-0.3, -0.25) is 19.9 Å². The third-order valence-electron chi connectivity index (χ3n) is 2.16. The summed E-state index contributed by atoms with van der Waals surface area (Å²) >= 11 is 0. The van der Waals surface area contributed by atoms with E-state index in [-0.39, 0.29) is 24.1 Å². The summed E-state index contributed by atoms with van der Waals surface area (Å²) in [4.78, 5) is 42.0. The van der Waals surface area contributed by atoms with Gasteiger partial charge in [0.05, 0.1) is 13.0 Å².